The molecule has 116 valence electrons. The normalized spacial score (nSPS) is 14.2. The van der Waals surface area contributed by atoms with E-state index in [2.05, 4.69) is 72.4 Å². The van der Waals surface area contributed by atoms with Crippen molar-refractivity contribution < 1.29 is 0 Å². The molecule has 0 spiro atoms. The summed E-state index contributed by atoms with van der Waals surface area (Å²) in [7, 11) is 4.31. The van der Waals surface area contributed by atoms with Crippen LogP contribution in [0.1, 0.15) is 11.1 Å². The lowest BCUT2D eigenvalue weighted by Crippen LogP contribution is -2.27. The molecular weight excluding hydrogens is 304 g/mol. The van der Waals surface area contributed by atoms with Crippen molar-refractivity contribution in [3.05, 3.63) is 70.7 Å². The second-order valence-corrected chi connectivity index (χ2v) is 6.71. The summed E-state index contributed by atoms with van der Waals surface area (Å²) in [6.45, 7) is 1.74. The van der Waals surface area contributed by atoms with Crippen LogP contribution in [0.3, 0.4) is 0 Å². The predicted octanol–water partition coefficient (Wildman–Crippen LogP) is 5.08. The lowest BCUT2D eigenvalue weighted by molar-refractivity contribution is 0.842. The molecule has 0 amide bonds. The summed E-state index contributed by atoms with van der Waals surface area (Å²) >= 11 is 6.21. The highest BCUT2D eigenvalue weighted by atomic mass is 35.5. The molecule has 3 aromatic carbocycles. The number of nitrogens with zero attached hydrogens (tertiary/aromatic N) is 2. The Morgan fingerprint density at radius 3 is 2.43 bits per heavy atom. The smallest absolute Gasteiger partial charge is 0.0453 e. The third kappa shape index (κ3) is 2.43. The number of halogens is 1. The van der Waals surface area contributed by atoms with E-state index in [1.165, 1.54) is 33.3 Å². The molecule has 1 aliphatic heterocycles. The van der Waals surface area contributed by atoms with Gasteiger partial charge >= 0.3 is 0 Å². The van der Waals surface area contributed by atoms with Gasteiger partial charge in [-0.1, -0.05) is 41.9 Å². The fourth-order valence-electron chi connectivity index (χ4n) is 3.56. The summed E-state index contributed by atoms with van der Waals surface area (Å²) in [5, 5.41) is 3.43. The highest BCUT2D eigenvalue weighted by molar-refractivity contribution is 6.30. The van der Waals surface area contributed by atoms with E-state index in [-0.39, 0.29) is 0 Å². The van der Waals surface area contributed by atoms with Gasteiger partial charge in [0, 0.05) is 49.1 Å². The van der Waals surface area contributed by atoms with E-state index in [4.69, 9.17) is 11.6 Å². The Labute approximate surface area is 141 Å². The van der Waals surface area contributed by atoms with Crippen LogP contribution in [-0.4, -0.2) is 14.1 Å². The molecule has 0 N–H and O–H groups in total. The SMILES string of the molecule is CN1Cc2c(ccc3ccccc23)N(C)Cc2cc(Cl)ccc21. The second kappa shape index (κ2) is 5.47. The van der Waals surface area contributed by atoms with E-state index in [9.17, 15) is 0 Å². The fraction of sp³-hybridized carbons (Fsp3) is 0.200. The first-order valence-corrected chi connectivity index (χ1v) is 8.22. The molecule has 1 aliphatic rings. The second-order valence-electron chi connectivity index (χ2n) is 6.27. The first-order valence-electron chi connectivity index (χ1n) is 7.85. The van der Waals surface area contributed by atoms with Crippen LogP contribution in [0.2, 0.25) is 5.02 Å². The quantitative estimate of drug-likeness (QED) is 0.569. The summed E-state index contributed by atoms with van der Waals surface area (Å²) in [5.74, 6) is 0. The first-order chi connectivity index (χ1) is 11.1. The maximum absolute atomic E-state index is 6.21. The molecule has 0 radical (unpaired) electrons. The van der Waals surface area contributed by atoms with E-state index in [0.717, 1.165) is 18.1 Å². The molecule has 0 unspecified atom stereocenters. The van der Waals surface area contributed by atoms with Crippen molar-refractivity contribution in [3.63, 3.8) is 0 Å². The van der Waals surface area contributed by atoms with Crippen LogP contribution >= 0.6 is 11.6 Å². The third-order valence-electron chi connectivity index (χ3n) is 4.68. The summed E-state index contributed by atoms with van der Waals surface area (Å²) in [5.41, 5.74) is 5.19. The van der Waals surface area contributed by atoms with Gasteiger partial charge in [0.1, 0.15) is 0 Å². The molecule has 0 saturated carbocycles. The molecule has 23 heavy (non-hydrogen) atoms. The molecule has 0 bridgehead atoms. The van der Waals surface area contributed by atoms with Gasteiger partial charge in [-0.25, -0.2) is 0 Å². The number of rotatable bonds is 0. The van der Waals surface area contributed by atoms with E-state index >= 15 is 0 Å². The van der Waals surface area contributed by atoms with Crippen molar-refractivity contribution in [3.8, 4) is 0 Å². The maximum atomic E-state index is 6.21. The van der Waals surface area contributed by atoms with Gasteiger partial charge in [-0.3, -0.25) is 0 Å². The molecule has 0 fully saturated rings. The zero-order valence-corrected chi connectivity index (χ0v) is 14.1. The standard InChI is InChI=1S/C20H19ClN2/c1-22-12-15-11-16(21)8-10-19(15)23(2)13-18-17-6-4-3-5-14(17)7-9-20(18)22/h3-11H,12-13H2,1-2H3. The number of benzene rings is 3. The zero-order chi connectivity index (χ0) is 16.0. The van der Waals surface area contributed by atoms with Gasteiger partial charge in [0.25, 0.3) is 0 Å². The van der Waals surface area contributed by atoms with Crippen LogP contribution in [0.15, 0.2) is 54.6 Å². The highest BCUT2D eigenvalue weighted by Crippen LogP contribution is 2.35. The Morgan fingerprint density at radius 2 is 1.57 bits per heavy atom. The number of hydrogen-bond donors (Lipinski definition) is 0. The van der Waals surface area contributed by atoms with Crippen LogP contribution in [0.25, 0.3) is 10.8 Å². The molecule has 3 heteroatoms. The zero-order valence-electron chi connectivity index (χ0n) is 13.4. The van der Waals surface area contributed by atoms with Gasteiger partial charge in [-0.15, -0.1) is 0 Å². The molecule has 0 aromatic heterocycles. The van der Waals surface area contributed by atoms with E-state index in [0.29, 0.717) is 0 Å². The molecule has 1 heterocycles. The average molecular weight is 323 g/mol. The molecule has 0 aliphatic carbocycles. The van der Waals surface area contributed by atoms with E-state index in [1.807, 2.05) is 6.07 Å². The fourth-order valence-corrected chi connectivity index (χ4v) is 3.76. The van der Waals surface area contributed by atoms with Crippen molar-refractivity contribution in [2.75, 3.05) is 23.9 Å². The average Bonchev–Trinajstić information content (AvgIpc) is 2.54. The van der Waals surface area contributed by atoms with Crippen molar-refractivity contribution in [1.29, 1.82) is 0 Å². The summed E-state index contributed by atoms with van der Waals surface area (Å²) in [4.78, 5) is 4.65. The molecule has 0 atom stereocenters. The van der Waals surface area contributed by atoms with Gasteiger partial charge in [0.05, 0.1) is 0 Å². The van der Waals surface area contributed by atoms with Crippen LogP contribution in [0.4, 0.5) is 11.4 Å². The molecule has 0 saturated heterocycles. The van der Waals surface area contributed by atoms with Crippen LogP contribution in [0, 0.1) is 0 Å². The lowest BCUT2D eigenvalue weighted by Gasteiger charge is -2.32. The number of fused-ring (bicyclic) bond motifs is 4. The minimum absolute atomic E-state index is 0.796. The maximum Gasteiger partial charge on any atom is 0.0453 e. The minimum atomic E-state index is 0.796. The first kappa shape index (κ1) is 14.4. The van der Waals surface area contributed by atoms with Gasteiger partial charge < -0.3 is 9.80 Å². The Kier molecular flexibility index (Phi) is 3.42. The Bertz CT molecular complexity index is 888. The molecule has 3 aromatic rings. The topological polar surface area (TPSA) is 6.48 Å². The highest BCUT2D eigenvalue weighted by Gasteiger charge is 2.19. The van der Waals surface area contributed by atoms with Crippen molar-refractivity contribution in [2.24, 2.45) is 0 Å². The van der Waals surface area contributed by atoms with Gasteiger partial charge in [-0.2, -0.15) is 0 Å². The third-order valence-corrected chi connectivity index (χ3v) is 4.92. The molecular formula is C20H19ClN2. The number of anilines is 2. The van der Waals surface area contributed by atoms with E-state index < -0.39 is 0 Å². The summed E-state index contributed by atoms with van der Waals surface area (Å²) in [6, 6.07) is 19.3. The molecule has 2 nitrogen and oxygen atoms in total. The van der Waals surface area contributed by atoms with Crippen molar-refractivity contribution >= 4 is 33.7 Å². The van der Waals surface area contributed by atoms with E-state index in [1.54, 1.807) is 0 Å². The Hall–Kier alpha value is -2.19. The van der Waals surface area contributed by atoms with Gasteiger partial charge in [-0.05, 0) is 40.6 Å². The van der Waals surface area contributed by atoms with Gasteiger partial charge in [0.2, 0.25) is 0 Å². The van der Waals surface area contributed by atoms with Crippen LogP contribution in [0.5, 0.6) is 0 Å². The van der Waals surface area contributed by atoms with Crippen LogP contribution < -0.4 is 9.80 Å². The van der Waals surface area contributed by atoms with Gasteiger partial charge in [0.15, 0.2) is 0 Å². The van der Waals surface area contributed by atoms with Crippen LogP contribution in [-0.2, 0) is 13.1 Å². The van der Waals surface area contributed by atoms with Crippen molar-refractivity contribution in [1.82, 2.24) is 0 Å². The number of hydrogen-bond acceptors (Lipinski definition) is 2. The van der Waals surface area contributed by atoms with Crippen molar-refractivity contribution in [2.45, 2.75) is 13.1 Å². The summed E-state index contributed by atoms with van der Waals surface area (Å²) < 4.78 is 0. The Morgan fingerprint density at radius 1 is 0.826 bits per heavy atom. The lowest BCUT2D eigenvalue weighted by atomic mass is 9.99. The monoisotopic (exact) mass is 322 g/mol. The largest absolute Gasteiger partial charge is 0.370 e. The molecule has 4 rings (SSSR count). The minimum Gasteiger partial charge on any atom is -0.370 e. The Balaban J connectivity index is 1.91. The summed E-state index contributed by atoms with van der Waals surface area (Å²) in [6.07, 6.45) is 0. The predicted molar refractivity (Wildman–Crippen MR) is 99.6 cm³/mol.